The third-order valence-electron chi connectivity index (χ3n) is 5.45. The van der Waals surface area contributed by atoms with Crippen molar-refractivity contribution >= 4 is 5.71 Å². The minimum atomic E-state index is -3.60. The Morgan fingerprint density at radius 1 is 0.897 bits per heavy atom. The Bertz CT molecular complexity index is 1110. The van der Waals surface area contributed by atoms with Crippen molar-refractivity contribution in [1.29, 1.82) is 0 Å². The third-order valence-corrected chi connectivity index (χ3v) is 5.45. The third kappa shape index (κ3) is 3.37. The number of aryl methyl sites for hydroxylation is 1. The first-order valence-corrected chi connectivity index (χ1v) is 9.61. The van der Waals surface area contributed by atoms with Crippen LogP contribution in [0.4, 0.5) is 8.78 Å². The molecule has 0 saturated heterocycles. The second-order valence-electron chi connectivity index (χ2n) is 7.40. The SMILES string of the molecule is Cc1ccccc1C1=NC(c2ccc(-c3ccc4c(c3)OC(F)(F)O4)cc2)CC1. The maximum atomic E-state index is 13.2. The maximum Gasteiger partial charge on any atom is 0.586 e. The van der Waals surface area contributed by atoms with Crippen molar-refractivity contribution < 1.29 is 18.3 Å². The molecule has 2 aliphatic heterocycles. The van der Waals surface area contributed by atoms with Gasteiger partial charge in [0.05, 0.1) is 6.04 Å². The quantitative estimate of drug-likeness (QED) is 0.524. The number of ether oxygens (including phenoxy) is 2. The molecule has 0 bridgehead atoms. The van der Waals surface area contributed by atoms with Crippen molar-refractivity contribution in [3.05, 3.63) is 83.4 Å². The minimum absolute atomic E-state index is 0.0550. The molecular weight excluding hydrogens is 372 g/mol. The molecule has 5 rings (SSSR count). The van der Waals surface area contributed by atoms with E-state index in [0.29, 0.717) is 0 Å². The Labute approximate surface area is 167 Å². The van der Waals surface area contributed by atoms with Crippen LogP contribution in [0.3, 0.4) is 0 Å². The molecule has 1 atom stereocenters. The monoisotopic (exact) mass is 391 g/mol. The summed E-state index contributed by atoms with van der Waals surface area (Å²) >= 11 is 0. The van der Waals surface area contributed by atoms with Crippen LogP contribution in [0.25, 0.3) is 11.1 Å². The summed E-state index contributed by atoms with van der Waals surface area (Å²) in [4.78, 5) is 4.95. The Hall–Kier alpha value is -3.21. The standard InChI is InChI=1S/C24H19F2NO2/c1-15-4-2-3-5-19(15)21-12-11-20(27-21)17-8-6-16(7-9-17)18-10-13-22-23(14-18)29-24(25,26)28-22/h2-10,13-14,20H,11-12H2,1H3. The number of alkyl halides is 2. The highest BCUT2D eigenvalue weighted by Crippen LogP contribution is 2.43. The van der Waals surface area contributed by atoms with Crippen molar-refractivity contribution in [3.8, 4) is 22.6 Å². The summed E-state index contributed by atoms with van der Waals surface area (Å²) in [6.07, 6.45) is -1.64. The summed E-state index contributed by atoms with van der Waals surface area (Å²) in [5.74, 6) is 0.110. The zero-order valence-corrected chi connectivity index (χ0v) is 15.9. The lowest BCUT2D eigenvalue weighted by atomic mass is 9.98. The second kappa shape index (κ2) is 6.69. The van der Waals surface area contributed by atoms with E-state index in [4.69, 9.17) is 4.99 Å². The molecule has 0 N–H and O–H groups in total. The largest absolute Gasteiger partial charge is 0.586 e. The van der Waals surface area contributed by atoms with Gasteiger partial charge in [0, 0.05) is 5.71 Å². The minimum Gasteiger partial charge on any atom is -0.395 e. The molecule has 0 spiro atoms. The van der Waals surface area contributed by atoms with E-state index in [1.54, 1.807) is 12.1 Å². The number of benzene rings is 3. The Morgan fingerprint density at radius 2 is 1.62 bits per heavy atom. The molecule has 3 aromatic rings. The molecule has 29 heavy (non-hydrogen) atoms. The van der Waals surface area contributed by atoms with Gasteiger partial charge in [-0.2, -0.15) is 0 Å². The molecule has 0 fully saturated rings. The summed E-state index contributed by atoms with van der Waals surface area (Å²) in [7, 11) is 0. The molecule has 3 nitrogen and oxygen atoms in total. The lowest BCUT2D eigenvalue weighted by Gasteiger charge is -2.09. The van der Waals surface area contributed by atoms with E-state index in [1.807, 2.05) is 24.3 Å². The molecule has 3 aromatic carbocycles. The first-order valence-electron chi connectivity index (χ1n) is 9.61. The summed E-state index contributed by atoms with van der Waals surface area (Å²) in [6, 6.07) is 21.4. The molecule has 0 saturated carbocycles. The van der Waals surface area contributed by atoms with Crippen LogP contribution in [0.15, 0.2) is 71.7 Å². The summed E-state index contributed by atoms with van der Waals surface area (Å²) in [5.41, 5.74) is 6.52. The fourth-order valence-electron chi connectivity index (χ4n) is 3.96. The van der Waals surface area contributed by atoms with Gasteiger partial charge in [0.1, 0.15) is 0 Å². The van der Waals surface area contributed by atoms with Crippen LogP contribution >= 0.6 is 0 Å². The van der Waals surface area contributed by atoms with Crippen LogP contribution in [-0.2, 0) is 0 Å². The number of nitrogens with zero attached hydrogens (tertiary/aromatic N) is 1. The number of rotatable bonds is 3. The lowest BCUT2D eigenvalue weighted by molar-refractivity contribution is -0.286. The van der Waals surface area contributed by atoms with Crippen molar-refractivity contribution in [2.75, 3.05) is 0 Å². The van der Waals surface area contributed by atoms with Gasteiger partial charge in [-0.1, -0.05) is 54.6 Å². The predicted octanol–water partition coefficient (Wildman–Crippen LogP) is 6.31. The van der Waals surface area contributed by atoms with E-state index < -0.39 is 6.29 Å². The van der Waals surface area contributed by atoms with Crippen LogP contribution in [0.1, 0.15) is 35.6 Å². The molecule has 5 heteroatoms. The first-order chi connectivity index (χ1) is 14.0. The van der Waals surface area contributed by atoms with Crippen LogP contribution in [-0.4, -0.2) is 12.0 Å². The van der Waals surface area contributed by atoms with Crippen LogP contribution < -0.4 is 9.47 Å². The number of hydrogen-bond acceptors (Lipinski definition) is 3. The van der Waals surface area contributed by atoms with Crippen molar-refractivity contribution in [1.82, 2.24) is 0 Å². The van der Waals surface area contributed by atoms with Gasteiger partial charge >= 0.3 is 6.29 Å². The molecule has 146 valence electrons. The number of aliphatic imine (C=N–C) groups is 1. The zero-order valence-electron chi connectivity index (χ0n) is 15.9. The number of halogens is 2. The van der Waals surface area contributed by atoms with Gasteiger partial charge in [0.25, 0.3) is 0 Å². The summed E-state index contributed by atoms with van der Waals surface area (Å²) < 4.78 is 35.4. The number of hydrogen-bond donors (Lipinski definition) is 0. The van der Waals surface area contributed by atoms with Gasteiger partial charge in [-0.25, -0.2) is 0 Å². The Kier molecular flexibility index (Phi) is 4.12. The topological polar surface area (TPSA) is 30.8 Å². The highest BCUT2D eigenvalue weighted by Gasteiger charge is 2.43. The van der Waals surface area contributed by atoms with Gasteiger partial charge in [-0.3, -0.25) is 4.99 Å². The van der Waals surface area contributed by atoms with E-state index in [2.05, 4.69) is 40.7 Å². The summed E-state index contributed by atoms with van der Waals surface area (Å²) in [5, 5.41) is 0. The smallest absolute Gasteiger partial charge is 0.395 e. The molecule has 0 radical (unpaired) electrons. The van der Waals surface area contributed by atoms with E-state index in [-0.39, 0.29) is 17.5 Å². The lowest BCUT2D eigenvalue weighted by Crippen LogP contribution is -2.25. The summed E-state index contributed by atoms with van der Waals surface area (Å²) in [6.45, 7) is 2.11. The Balaban J connectivity index is 1.37. The van der Waals surface area contributed by atoms with Gasteiger partial charge in [-0.05, 0) is 59.7 Å². The zero-order chi connectivity index (χ0) is 20.0. The fourth-order valence-corrected chi connectivity index (χ4v) is 3.96. The molecule has 2 heterocycles. The van der Waals surface area contributed by atoms with Crippen molar-refractivity contribution in [2.24, 2.45) is 4.99 Å². The molecule has 0 aliphatic carbocycles. The van der Waals surface area contributed by atoms with Crippen molar-refractivity contribution in [3.63, 3.8) is 0 Å². The Morgan fingerprint density at radius 3 is 2.41 bits per heavy atom. The van der Waals surface area contributed by atoms with Gasteiger partial charge in [0.2, 0.25) is 0 Å². The van der Waals surface area contributed by atoms with Gasteiger partial charge < -0.3 is 9.47 Å². The second-order valence-corrected chi connectivity index (χ2v) is 7.40. The van der Waals surface area contributed by atoms with Crippen molar-refractivity contribution in [2.45, 2.75) is 32.1 Å². The molecule has 0 amide bonds. The van der Waals surface area contributed by atoms with E-state index in [9.17, 15) is 8.78 Å². The van der Waals surface area contributed by atoms with E-state index in [1.165, 1.54) is 17.2 Å². The van der Waals surface area contributed by atoms with Gasteiger partial charge in [-0.15, -0.1) is 8.78 Å². The van der Waals surface area contributed by atoms with Crippen LogP contribution in [0.2, 0.25) is 0 Å². The average molecular weight is 391 g/mol. The fraction of sp³-hybridized carbons (Fsp3) is 0.208. The van der Waals surface area contributed by atoms with Crippen LogP contribution in [0.5, 0.6) is 11.5 Å². The normalized spacial score (nSPS) is 19.3. The highest BCUT2D eigenvalue weighted by molar-refractivity contribution is 6.02. The molecule has 0 aromatic heterocycles. The highest BCUT2D eigenvalue weighted by atomic mass is 19.3. The van der Waals surface area contributed by atoms with E-state index in [0.717, 1.165) is 35.2 Å². The van der Waals surface area contributed by atoms with Gasteiger partial charge in [0.15, 0.2) is 11.5 Å². The molecule has 2 aliphatic rings. The first kappa shape index (κ1) is 17.9. The number of fused-ring (bicyclic) bond motifs is 1. The van der Waals surface area contributed by atoms with Crippen LogP contribution in [0, 0.1) is 6.92 Å². The van der Waals surface area contributed by atoms with E-state index >= 15 is 0 Å². The molecular formula is C24H19F2NO2. The average Bonchev–Trinajstić information content (AvgIpc) is 3.31. The predicted molar refractivity (Wildman–Crippen MR) is 108 cm³/mol. The molecule has 1 unspecified atom stereocenters. The maximum absolute atomic E-state index is 13.2.